The molecule has 1 aromatic rings. The van der Waals surface area contributed by atoms with E-state index in [0.717, 1.165) is 0 Å². The second-order valence-corrected chi connectivity index (χ2v) is 5.37. The predicted molar refractivity (Wildman–Crippen MR) is 87.7 cm³/mol. The number of carbonyl (C=O) groups excluding carboxylic acids is 3. The van der Waals surface area contributed by atoms with Gasteiger partial charge in [0.05, 0.1) is 6.61 Å². The lowest BCUT2D eigenvalue weighted by molar-refractivity contribution is -0.141. The van der Waals surface area contributed by atoms with Crippen molar-refractivity contribution in [2.24, 2.45) is 0 Å². The van der Waals surface area contributed by atoms with Crippen molar-refractivity contribution in [3.05, 3.63) is 28.2 Å². The maximum absolute atomic E-state index is 12.0. The molecule has 7 nitrogen and oxygen atoms in total. The summed E-state index contributed by atoms with van der Waals surface area (Å²) in [5.41, 5.74) is 0.410. The highest BCUT2D eigenvalue weighted by Crippen LogP contribution is 2.22. The number of benzene rings is 1. The van der Waals surface area contributed by atoms with E-state index >= 15 is 0 Å². The fourth-order valence-corrected chi connectivity index (χ4v) is 2.08. The molecule has 126 valence electrons. The molecule has 0 aliphatic carbocycles. The molecule has 0 spiro atoms. The van der Waals surface area contributed by atoms with Crippen molar-refractivity contribution in [1.82, 2.24) is 10.6 Å². The molecule has 0 heterocycles. The van der Waals surface area contributed by atoms with E-state index < -0.39 is 23.9 Å². The van der Waals surface area contributed by atoms with Crippen molar-refractivity contribution >= 4 is 46.8 Å². The van der Waals surface area contributed by atoms with Gasteiger partial charge in [-0.1, -0.05) is 23.2 Å². The normalized spacial score (nSPS) is 11.3. The number of anilines is 1. The smallest absolute Gasteiger partial charge is 0.325 e. The maximum atomic E-state index is 12.0. The van der Waals surface area contributed by atoms with E-state index in [-0.39, 0.29) is 13.2 Å². The van der Waals surface area contributed by atoms with Crippen LogP contribution < -0.4 is 16.0 Å². The van der Waals surface area contributed by atoms with Crippen LogP contribution in [0.2, 0.25) is 10.0 Å². The number of halogens is 2. The second-order valence-electron chi connectivity index (χ2n) is 4.50. The summed E-state index contributed by atoms with van der Waals surface area (Å²) in [6.45, 7) is 3.10. The largest absolute Gasteiger partial charge is 0.465 e. The summed E-state index contributed by atoms with van der Waals surface area (Å²) < 4.78 is 4.66. The molecule has 0 saturated heterocycles. The number of urea groups is 1. The lowest BCUT2D eigenvalue weighted by Gasteiger charge is -2.15. The molecule has 0 radical (unpaired) electrons. The first-order valence-corrected chi connectivity index (χ1v) is 7.54. The maximum Gasteiger partial charge on any atom is 0.325 e. The van der Waals surface area contributed by atoms with Crippen LogP contribution in [0.1, 0.15) is 13.8 Å². The molecule has 0 fully saturated rings. The van der Waals surface area contributed by atoms with Gasteiger partial charge in [-0.05, 0) is 32.0 Å². The molecule has 1 aromatic carbocycles. The molecule has 0 saturated carbocycles. The number of rotatable bonds is 6. The summed E-state index contributed by atoms with van der Waals surface area (Å²) in [6, 6.07) is 3.08. The van der Waals surface area contributed by atoms with Crippen LogP contribution >= 0.6 is 23.2 Å². The third-order valence-electron chi connectivity index (χ3n) is 2.57. The standard InChI is InChI=1S/C14H17Cl2N3O4/c1-3-23-12(20)7-17-14(22)18-8(2)13(21)19-11-5-9(15)4-10(16)6-11/h4-6,8H,3,7H2,1-2H3,(H,19,21)(H2,17,18,22). The van der Waals surface area contributed by atoms with Gasteiger partial charge in [0.25, 0.3) is 0 Å². The minimum Gasteiger partial charge on any atom is -0.465 e. The van der Waals surface area contributed by atoms with Crippen molar-refractivity contribution in [3.8, 4) is 0 Å². The minimum absolute atomic E-state index is 0.225. The molecule has 1 unspecified atom stereocenters. The van der Waals surface area contributed by atoms with E-state index in [1.165, 1.54) is 25.1 Å². The summed E-state index contributed by atoms with van der Waals surface area (Å²) in [5.74, 6) is -1.03. The van der Waals surface area contributed by atoms with Crippen molar-refractivity contribution in [2.45, 2.75) is 19.9 Å². The fourth-order valence-electron chi connectivity index (χ4n) is 1.55. The predicted octanol–water partition coefficient (Wildman–Crippen LogP) is 2.18. The Kier molecular flexibility index (Phi) is 7.64. The van der Waals surface area contributed by atoms with Crippen LogP contribution in [0.25, 0.3) is 0 Å². The van der Waals surface area contributed by atoms with Crippen LogP contribution in [-0.2, 0) is 14.3 Å². The average molecular weight is 362 g/mol. The zero-order valence-corrected chi connectivity index (χ0v) is 14.1. The van der Waals surface area contributed by atoms with Crippen molar-refractivity contribution < 1.29 is 19.1 Å². The Hall–Kier alpha value is -1.99. The molecule has 23 heavy (non-hydrogen) atoms. The highest BCUT2D eigenvalue weighted by molar-refractivity contribution is 6.35. The zero-order chi connectivity index (χ0) is 17.4. The number of amides is 3. The van der Waals surface area contributed by atoms with Crippen molar-refractivity contribution in [2.75, 3.05) is 18.5 Å². The molecule has 3 amide bonds. The van der Waals surface area contributed by atoms with Gasteiger partial charge in [0, 0.05) is 15.7 Å². The van der Waals surface area contributed by atoms with Gasteiger partial charge in [-0.15, -0.1) is 0 Å². The highest BCUT2D eigenvalue weighted by Gasteiger charge is 2.16. The van der Waals surface area contributed by atoms with Crippen LogP contribution in [0.3, 0.4) is 0 Å². The van der Waals surface area contributed by atoms with E-state index in [1.807, 2.05) is 0 Å². The van der Waals surface area contributed by atoms with Crippen LogP contribution in [0.4, 0.5) is 10.5 Å². The van der Waals surface area contributed by atoms with Crippen LogP contribution in [-0.4, -0.2) is 37.1 Å². The molecular weight excluding hydrogens is 345 g/mol. The summed E-state index contributed by atoms with van der Waals surface area (Å²) in [7, 11) is 0. The van der Waals surface area contributed by atoms with E-state index in [0.29, 0.717) is 15.7 Å². The van der Waals surface area contributed by atoms with E-state index in [4.69, 9.17) is 23.2 Å². The SMILES string of the molecule is CCOC(=O)CNC(=O)NC(C)C(=O)Nc1cc(Cl)cc(Cl)c1. The molecule has 9 heteroatoms. The van der Waals surface area contributed by atoms with Crippen molar-refractivity contribution in [1.29, 1.82) is 0 Å². The Morgan fingerprint density at radius 1 is 1.17 bits per heavy atom. The lowest BCUT2D eigenvalue weighted by Crippen LogP contribution is -2.47. The van der Waals surface area contributed by atoms with Gasteiger partial charge in [0.1, 0.15) is 12.6 Å². The molecule has 0 bridgehead atoms. The van der Waals surface area contributed by atoms with Crippen LogP contribution in [0, 0.1) is 0 Å². The Morgan fingerprint density at radius 2 is 1.78 bits per heavy atom. The molecule has 3 N–H and O–H groups in total. The molecule has 0 aliphatic rings. The number of hydrogen-bond acceptors (Lipinski definition) is 4. The Morgan fingerprint density at radius 3 is 2.35 bits per heavy atom. The third-order valence-corrected chi connectivity index (χ3v) is 3.01. The van der Waals surface area contributed by atoms with E-state index in [2.05, 4.69) is 20.7 Å². The van der Waals surface area contributed by atoms with Gasteiger partial charge in [-0.2, -0.15) is 0 Å². The number of carbonyl (C=O) groups is 3. The van der Waals surface area contributed by atoms with Crippen LogP contribution in [0.15, 0.2) is 18.2 Å². The van der Waals surface area contributed by atoms with Gasteiger partial charge in [-0.25, -0.2) is 4.79 Å². The zero-order valence-electron chi connectivity index (χ0n) is 12.6. The number of nitrogens with one attached hydrogen (secondary N) is 3. The molecule has 0 aliphatic heterocycles. The van der Waals surface area contributed by atoms with Gasteiger partial charge >= 0.3 is 12.0 Å². The number of esters is 1. The quantitative estimate of drug-likeness (QED) is 0.676. The molecule has 0 aromatic heterocycles. The van der Waals surface area contributed by atoms with Gasteiger partial charge in [0.15, 0.2) is 0 Å². The topological polar surface area (TPSA) is 96.5 Å². The lowest BCUT2D eigenvalue weighted by atomic mass is 10.2. The molecular formula is C14H17Cl2N3O4. The molecule has 1 atom stereocenters. The summed E-state index contributed by atoms with van der Waals surface area (Å²) in [4.78, 5) is 34.7. The van der Waals surface area contributed by atoms with Gasteiger partial charge in [-0.3, -0.25) is 9.59 Å². The highest BCUT2D eigenvalue weighted by atomic mass is 35.5. The fraction of sp³-hybridized carbons (Fsp3) is 0.357. The van der Waals surface area contributed by atoms with Crippen LogP contribution in [0.5, 0.6) is 0 Å². The summed E-state index contributed by atoms with van der Waals surface area (Å²) in [5, 5.41) is 8.00. The Bertz CT molecular complexity index is 575. The first-order valence-electron chi connectivity index (χ1n) is 6.78. The summed E-state index contributed by atoms with van der Waals surface area (Å²) in [6.07, 6.45) is 0. The minimum atomic E-state index is -0.838. The Labute approximate surface area is 143 Å². The average Bonchev–Trinajstić information content (AvgIpc) is 2.44. The second kappa shape index (κ2) is 9.22. The first kappa shape index (κ1) is 19.1. The van der Waals surface area contributed by atoms with Crippen molar-refractivity contribution in [3.63, 3.8) is 0 Å². The third kappa shape index (κ3) is 7.21. The molecule has 1 rings (SSSR count). The Balaban J connectivity index is 2.47. The monoisotopic (exact) mass is 361 g/mol. The number of ether oxygens (including phenoxy) is 1. The first-order chi connectivity index (χ1) is 10.8. The van der Waals surface area contributed by atoms with E-state index in [1.54, 1.807) is 6.92 Å². The van der Waals surface area contributed by atoms with Gasteiger partial charge < -0.3 is 20.7 Å². The number of hydrogen-bond donors (Lipinski definition) is 3. The summed E-state index contributed by atoms with van der Waals surface area (Å²) >= 11 is 11.7. The van der Waals surface area contributed by atoms with Gasteiger partial charge in [0.2, 0.25) is 5.91 Å². The van der Waals surface area contributed by atoms with E-state index in [9.17, 15) is 14.4 Å².